The fourth-order valence-electron chi connectivity index (χ4n) is 5.65. The molecule has 5 rings (SSSR count). The number of nitrogens with one attached hydrogen (secondary N) is 1. The van der Waals surface area contributed by atoms with Gasteiger partial charge in [0.05, 0.1) is 12.0 Å². The molecule has 1 spiro atoms. The second-order valence-electron chi connectivity index (χ2n) is 10.0. The highest BCUT2D eigenvalue weighted by atomic mass is 32.1. The van der Waals surface area contributed by atoms with Crippen LogP contribution in [-0.4, -0.2) is 53.0 Å². The maximum absolute atomic E-state index is 13.1. The van der Waals surface area contributed by atoms with E-state index in [0.717, 1.165) is 61.8 Å². The SMILES string of the molecule is Cc1cc(C)cc(NC(=S)N2CCC3(CCN(C(=O)CC4OC(=O)c5ccccc54)C3)CC2)c1. The number of amides is 1. The molecule has 178 valence electrons. The Hall–Kier alpha value is -2.93. The van der Waals surface area contributed by atoms with Gasteiger partial charge in [0.15, 0.2) is 5.11 Å². The second-order valence-corrected chi connectivity index (χ2v) is 10.4. The van der Waals surface area contributed by atoms with Crippen LogP contribution in [0.5, 0.6) is 0 Å². The predicted octanol–water partition coefficient (Wildman–Crippen LogP) is 4.62. The number of hydrogen-bond donors (Lipinski definition) is 1. The molecule has 3 heterocycles. The molecule has 1 unspecified atom stereocenters. The average molecular weight is 478 g/mol. The van der Waals surface area contributed by atoms with Crippen molar-refractivity contribution in [1.82, 2.24) is 9.80 Å². The largest absolute Gasteiger partial charge is 0.453 e. The van der Waals surface area contributed by atoms with Gasteiger partial charge in [0.25, 0.3) is 0 Å². The number of thiocarbonyl (C=S) groups is 1. The van der Waals surface area contributed by atoms with Gasteiger partial charge < -0.3 is 19.9 Å². The summed E-state index contributed by atoms with van der Waals surface area (Å²) in [5.41, 5.74) is 5.04. The van der Waals surface area contributed by atoms with Crippen LogP contribution in [0.25, 0.3) is 0 Å². The fourth-order valence-corrected chi connectivity index (χ4v) is 5.95. The van der Waals surface area contributed by atoms with E-state index < -0.39 is 6.10 Å². The van der Waals surface area contributed by atoms with Gasteiger partial charge in [-0.15, -0.1) is 0 Å². The standard InChI is InChI=1S/C27H31N3O3S/c1-18-13-19(2)15-20(14-18)28-26(34)29-10-7-27(8-11-29)9-12-30(17-27)24(31)16-23-21-5-3-4-6-22(21)25(32)33-23/h3-6,13-15,23H,7-12,16-17H2,1-2H3,(H,28,34). The van der Waals surface area contributed by atoms with E-state index in [1.807, 2.05) is 23.1 Å². The highest BCUT2D eigenvalue weighted by molar-refractivity contribution is 7.80. The third kappa shape index (κ3) is 4.53. The molecule has 0 saturated carbocycles. The lowest BCUT2D eigenvalue weighted by molar-refractivity contribution is -0.132. The van der Waals surface area contributed by atoms with Crippen molar-refractivity contribution in [2.24, 2.45) is 5.41 Å². The molecule has 0 radical (unpaired) electrons. The number of cyclic esters (lactones) is 1. The molecule has 7 heteroatoms. The average Bonchev–Trinajstić information content (AvgIpc) is 3.35. The third-order valence-electron chi connectivity index (χ3n) is 7.51. The zero-order valence-electron chi connectivity index (χ0n) is 19.8. The molecule has 2 fully saturated rings. The fraction of sp³-hybridized carbons (Fsp3) is 0.444. The quantitative estimate of drug-likeness (QED) is 0.514. The summed E-state index contributed by atoms with van der Waals surface area (Å²) in [6.45, 7) is 7.52. The van der Waals surface area contributed by atoms with Crippen LogP contribution in [0.1, 0.15) is 58.8 Å². The molecule has 2 aromatic carbocycles. The van der Waals surface area contributed by atoms with Gasteiger partial charge in [-0.1, -0.05) is 24.3 Å². The molecule has 34 heavy (non-hydrogen) atoms. The second kappa shape index (κ2) is 9.02. The molecule has 1 N–H and O–H groups in total. The van der Waals surface area contributed by atoms with Crippen LogP contribution in [0.4, 0.5) is 5.69 Å². The van der Waals surface area contributed by atoms with Crippen LogP contribution in [0.2, 0.25) is 0 Å². The first kappa shape index (κ1) is 22.8. The predicted molar refractivity (Wildman–Crippen MR) is 136 cm³/mol. The number of fused-ring (bicyclic) bond motifs is 1. The van der Waals surface area contributed by atoms with Gasteiger partial charge in [-0.25, -0.2) is 4.79 Å². The highest BCUT2D eigenvalue weighted by Gasteiger charge is 2.43. The van der Waals surface area contributed by atoms with Crippen molar-refractivity contribution in [2.75, 3.05) is 31.5 Å². The van der Waals surface area contributed by atoms with E-state index in [0.29, 0.717) is 5.56 Å². The van der Waals surface area contributed by atoms with Crippen molar-refractivity contribution < 1.29 is 14.3 Å². The van der Waals surface area contributed by atoms with Crippen LogP contribution in [0.15, 0.2) is 42.5 Å². The molecule has 1 amide bonds. The first-order valence-corrected chi connectivity index (χ1v) is 12.4. The number of esters is 1. The number of ether oxygens (including phenoxy) is 1. The molecule has 0 bridgehead atoms. The zero-order valence-corrected chi connectivity index (χ0v) is 20.6. The van der Waals surface area contributed by atoms with Crippen molar-refractivity contribution in [2.45, 2.75) is 45.6 Å². The number of rotatable bonds is 3. The Morgan fingerprint density at radius 2 is 1.71 bits per heavy atom. The number of benzene rings is 2. The van der Waals surface area contributed by atoms with Gasteiger partial charge >= 0.3 is 5.97 Å². The van der Waals surface area contributed by atoms with Gasteiger partial charge in [-0.3, -0.25) is 4.79 Å². The van der Waals surface area contributed by atoms with Crippen molar-refractivity contribution in [3.63, 3.8) is 0 Å². The van der Waals surface area contributed by atoms with E-state index >= 15 is 0 Å². The van der Waals surface area contributed by atoms with Gasteiger partial charge in [0, 0.05) is 37.4 Å². The zero-order chi connectivity index (χ0) is 23.9. The molecule has 6 nitrogen and oxygen atoms in total. The summed E-state index contributed by atoms with van der Waals surface area (Å²) in [6.07, 6.45) is 2.81. The molecule has 1 atom stereocenters. The van der Waals surface area contributed by atoms with Crippen LogP contribution in [0, 0.1) is 19.3 Å². The van der Waals surface area contributed by atoms with E-state index in [9.17, 15) is 9.59 Å². The first-order chi connectivity index (χ1) is 16.3. The Morgan fingerprint density at radius 3 is 2.41 bits per heavy atom. The van der Waals surface area contributed by atoms with E-state index in [1.165, 1.54) is 11.1 Å². The lowest BCUT2D eigenvalue weighted by Gasteiger charge is -2.40. The molecule has 0 aliphatic carbocycles. The summed E-state index contributed by atoms with van der Waals surface area (Å²) in [5, 5.41) is 4.17. The Labute approximate surface area is 206 Å². The minimum Gasteiger partial charge on any atom is -0.453 e. The summed E-state index contributed by atoms with van der Waals surface area (Å²) >= 11 is 5.70. The minimum absolute atomic E-state index is 0.0702. The lowest BCUT2D eigenvalue weighted by Crippen LogP contribution is -2.46. The number of aryl methyl sites for hydroxylation is 2. The van der Waals surface area contributed by atoms with Crippen LogP contribution in [0.3, 0.4) is 0 Å². The van der Waals surface area contributed by atoms with E-state index in [1.54, 1.807) is 6.07 Å². The molecule has 0 aromatic heterocycles. The smallest absolute Gasteiger partial charge is 0.339 e. The maximum Gasteiger partial charge on any atom is 0.339 e. The summed E-state index contributed by atoms with van der Waals surface area (Å²) in [5.74, 6) is -0.259. The molecular formula is C27H31N3O3S. The van der Waals surface area contributed by atoms with Gasteiger partial charge in [-0.05, 0) is 80.1 Å². The Balaban J connectivity index is 1.14. The van der Waals surface area contributed by atoms with Gasteiger partial charge in [0.2, 0.25) is 5.91 Å². The monoisotopic (exact) mass is 477 g/mol. The summed E-state index contributed by atoms with van der Waals surface area (Å²) in [7, 11) is 0. The third-order valence-corrected chi connectivity index (χ3v) is 7.87. The lowest BCUT2D eigenvalue weighted by atomic mass is 9.78. The Bertz CT molecular complexity index is 1120. The maximum atomic E-state index is 13.1. The number of nitrogens with zero attached hydrogens (tertiary/aromatic N) is 2. The van der Waals surface area contributed by atoms with Crippen molar-refractivity contribution in [3.8, 4) is 0 Å². The molecule has 3 aliphatic rings. The summed E-state index contributed by atoms with van der Waals surface area (Å²) in [6, 6.07) is 13.7. The van der Waals surface area contributed by atoms with Gasteiger partial charge in [-0.2, -0.15) is 0 Å². The van der Waals surface area contributed by atoms with Crippen molar-refractivity contribution in [3.05, 3.63) is 64.7 Å². The molecule has 3 aliphatic heterocycles. The van der Waals surface area contributed by atoms with Crippen molar-refractivity contribution in [1.29, 1.82) is 0 Å². The summed E-state index contributed by atoms with van der Waals surface area (Å²) < 4.78 is 5.49. The number of likely N-dealkylation sites (tertiary alicyclic amines) is 2. The van der Waals surface area contributed by atoms with Crippen LogP contribution < -0.4 is 5.32 Å². The number of carbonyl (C=O) groups is 2. The topological polar surface area (TPSA) is 61.9 Å². The van der Waals surface area contributed by atoms with Crippen molar-refractivity contribution >= 4 is 34.9 Å². The van der Waals surface area contributed by atoms with E-state index in [2.05, 4.69) is 42.3 Å². The molecule has 2 aromatic rings. The normalized spacial score (nSPS) is 20.9. The number of hydrogen-bond acceptors (Lipinski definition) is 4. The van der Waals surface area contributed by atoms with E-state index in [4.69, 9.17) is 17.0 Å². The van der Waals surface area contributed by atoms with Gasteiger partial charge in [0.1, 0.15) is 6.10 Å². The number of anilines is 1. The van der Waals surface area contributed by atoms with Crippen LogP contribution in [-0.2, 0) is 9.53 Å². The highest BCUT2D eigenvalue weighted by Crippen LogP contribution is 2.41. The Kier molecular flexibility index (Phi) is 6.06. The Morgan fingerprint density at radius 1 is 1.06 bits per heavy atom. The first-order valence-electron chi connectivity index (χ1n) is 12.0. The number of piperidine rings is 1. The summed E-state index contributed by atoms with van der Waals surface area (Å²) in [4.78, 5) is 29.4. The molecule has 2 saturated heterocycles. The van der Waals surface area contributed by atoms with Crippen LogP contribution >= 0.6 is 12.2 Å². The number of carbonyl (C=O) groups excluding carboxylic acids is 2. The van der Waals surface area contributed by atoms with E-state index in [-0.39, 0.29) is 23.7 Å². The minimum atomic E-state index is -0.469. The molecular weight excluding hydrogens is 446 g/mol.